The summed E-state index contributed by atoms with van der Waals surface area (Å²) in [5.41, 5.74) is -3.54. The summed E-state index contributed by atoms with van der Waals surface area (Å²) in [5, 5.41) is 11.0. The molecule has 1 aromatic carbocycles. The van der Waals surface area contributed by atoms with E-state index in [-0.39, 0.29) is 11.6 Å². The average Bonchev–Trinajstić information content (AvgIpc) is 2.70. The van der Waals surface area contributed by atoms with Crippen molar-refractivity contribution in [3.8, 4) is 11.6 Å². The molecule has 1 N–H and O–H groups in total. The van der Waals surface area contributed by atoms with E-state index in [1.54, 1.807) is 13.3 Å². The van der Waals surface area contributed by atoms with E-state index < -0.39 is 22.9 Å². The van der Waals surface area contributed by atoms with Crippen molar-refractivity contribution < 1.29 is 27.8 Å². The minimum atomic E-state index is -5.07. The number of hydrogen-bond donors (Lipinski definition) is 1. The Bertz CT molecular complexity index is 887. The fourth-order valence-corrected chi connectivity index (χ4v) is 2.79. The lowest BCUT2D eigenvalue weighted by molar-refractivity contribution is -0.249. The van der Waals surface area contributed by atoms with Gasteiger partial charge in [0.1, 0.15) is 5.75 Å². The summed E-state index contributed by atoms with van der Waals surface area (Å²) >= 11 is 0. The maximum atomic E-state index is 14.2. The molecule has 0 radical (unpaired) electrons. The second-order valence-corrected chi connectivity index (χ2v) is 6.43. The fourth-order valence-electron chi connectivity index (χ4n) is 2.79. The molecule has 1 heterocycles. The number of aliphatic imine (C=N–C) groups is 1. The number of aliphatic hydroxyl groups is 1. The van der Waals surface area contributed by atoms with E-state index in [4.69, 9.17) is 9.47 Å². The second kappa shape index (κ2) is 8.69. The summed E-state index contributed by atoms with van der Waals surface area (Å²) in [6.45, 7) is 4.26. The minimum Gasteiger partial charge on any atom is -0.496 e. The summed E-state index contributed by atoms with van der Waals surface area (Å²) in [6, 6.07) is 5.01. The molecular formula is C20H24F3N3O3. The molecule has 1 atom stereocenters. The van der Waals surface area contributed by atoms with Gasteiger partial charge in [-0.25, -0.2) is 9.98 Å². The Balaban J connectivity index is 2.76. The highest BCUT2D eigenvalue weighted by Gasteiger charge is 2.59. The van der Waals surface area contributed by atoms with Crippen LogP contribution in [0, 0.1) is 6.92 Å². The molecule has 0 bridgehead atoms. The van der Waals surface area contributed by atoms with Crippen LogP contribution >= 0.6 is 0 Å². The van der Waals surface area contributed by atoms with E-state index in [9.17, 15) is 18.3 Å². The van der Waals surface area contributed by atoms with Crippen LogP contribution in [-0.2, 0) is 5.60 Å². The Hall–Kier alpha value is -2.81. The standard InChI is InChI=1S/C20H24F3N3O3/c1-6-26(3)12-25-16-11-17(28-4)15(10-13(16)2)19(27,20(21,22)23)14-8-7-9-24-18(14)29-5/h7-12,27H,6H2,1-5H3. The Kier molecular flexibility index (Phi) is 6.73. The van der Waals surface area contributed by atoms with Crippen LogP contribution in [0.1, 0.15) is 23.6 Å². The molecule has 1 unspecified atom stereocenters. The van der Waals surface area contributed by atoms with Crippen LogP contribution in [0.15, 0.2) is 35.5 Å². The third-order valence-corrected chi connectivity index (χ3v) is 4.57. The summed E-state index contributed by atoms with van der Waals surface area (Å²) in [6.07, 6.45) is -2.22. The van der Waals surface area contributed by atoms with Gasteiger partial charge < -0.3 is 19.5 Å². The van der Waals surface area contributed by atoms with Gasteiger partial charge in [0.15, 0.2) is 0 Å². The molecule has 158 valence electrons. The summed E-state index contributed by atoms with van der Waals surface area (Å²) < 4.78 is 52.8. The maximum Gasteiger partial charge on any atom is 0.426 e. The van der Waals surface area contributed by atoms with Crippen LogP contribution in [0.3, 0.4) is 0 Å². The first-order valence-corrected chi connectivity index (χ1v) is 8.82. The van der Waals surface area contributed by atoms with Crippen LogP contribution in [0.2, 0.25) is 0 Å². The van der Waals surface area contributed by atoms with Crippen molar-refractivity contribution in [1.82, 2.24) is 9.88 Å². The van der Waals surface area contributed by atoms with Crippen molar-refractivity contribution in [3.05, 3.63) is 47.2 Å². The number of nitrogens with zero attached hydrogens (tertiary/aromatic N) is 3. The number of alkyl halides is 3. The molecular weight excluding hydrogens is 387 g/mol. The Labute approximate surface area is 167 Å². The number of ether oxygens (including phenoxy) is 2. The van der Waals surface area contributed by atoms with Crippen LogP contribution in [-0.4, -0.2) is 55.3 Å². The lowest BCUT2D eigenvalue weighted by Crippen LogP contribution is -2.44. The number of aryl methyl sites for hydroxylation is 1. The van der Waals surface area contributed by atoms with Gasteiger partial charge in [-0.1, -0.05) is 0 Å². The zero-order valence-electron chi connectivity index (χ0n) is 16.9. The number of aromatic nitrogens is 1. The maximum absolute atomic E-state index is 14.2. The van der Waals surface area contributed by atoms with Crippen LogP contribution in [0.25, 0.3) is 0 Å². The van der Waals surface area contributed by atoms with Gasteiger partial charge in [0.25, 0.3) is 0 Å². The fraction of sp³-hybridized carbons (Fsp3) is 0.400. The molecule has 0 saturated carbocycles. The molecule has 2 aromatic rings. The molecule has 0 saturated heterocycles. The lowest BCUT2D eigenvalue weighted by Gasteiger charge is -2.33. The molecule has 6 nitrogen and oxygen atoms in total. The number of hydrogen-bond acceptors (Lipinski definition) is 5. The van der Waals surface area contributed by atoms with Crippen LogP contribution < -0.4 is 9.47 Å². The molecule has 9 heteroatoms. The number of pyridine rings is 1. The van der Waals surface area contributed by atoms with Crippen molar-refractivity contribution in [2.75, 3.05) is 27.8 Å². The number of methoxy groups -OCH3 is 2. The summed E-state index contributed by atoms with van der Waals surface area (Å²) in [7, 11) is 4.24. The number of benzene rings is 1. The summed E-state index contributed by atoms with van der Waals surface area (Å²) in [5.74, 6) is -0.494. The molecule has 1 aromatic heterocycles. The molecule has 0 aliphatic carbocycles. The van der Waals surface area contributed by atoms with E-state index in [0.29, 0.717) is 17.8 Å². The van der Waals surface area contributed by atoms with E-state index in [1.807, 2.05) is 18.9 Å². The molecule has 2 rings (SSSR count). The molecule has 29 heavy (non-hydrogen) atoms. The molecule has 0 amide bonds. The van der Waals surface area contributed by atoms with Gasteiger partial charge in [0.2, 0.25) is 11.5 Å². The van der Waals surface area contributed by atoms with Gasteiger partial charge in [-0.3, -0.25) is 0 Å². The normalized spacial score (nSPS) is 14.0. The van der Waals surface area contributed by atoms with Crippen molar-refractivity contribution in [3.63, 3.8) is 0 Å². The predicted molar refractivity (Wildman–Crippen MR) is 104 cm³/mol. The van der Waals surface area contributed by atoms with E-state index in [2.05, 4.69) is 9.98 Å². The number of halogens is 3. The van der Waals surface area contributed by atoms with Crippen LogP contribution in [0.4, 0.5) is 18.9 Å². The van der Waals surface area contributed by atoms with Crippen LogP contribution in [0.5, 0.6) is 11.6 Å². The van der Waals surface area contributed by atoms with Crippen molar-refractivity contribution >= 4 is 12.0 Å². The van der Waals surface area contributed by atoms with Crippen molar-refractivity contribution in [2.45, 2.75) is 25.6 Å². The predicted octanol–water partition coefficient (Wildman–Crippen LogP) is 3.82. The molecule has 0 aliphatic rings. The Morgan fingerprint density at radius 3 is 2.45 bits per heavy atom. The summed E-state index contributed by atoms with van der Waals surface area (Å²) in [4.78, 5) is 9.91. The van der Waals surface area contributed by atoms with Gasteiger partial charge in [-0.2, -0.15) is 13.2 Å². The third-order valence-electron chi connectivity index (χ3n) is 4.57. The number of rotatable bonds is 7. The Morgan fingerprint density at radius 1 is 1.21 bits per heavy atom. The Morgan fingerprint density at radius 2 is 1.90 bits per heavy atom. The molecule has 0 aliphatic heterocycles. The first kappa shape index (κ1) is 22.5. The topological polar surface area (TPSA) is 67.2 Å². The van der Waals surface area contributed by atoms with Crippen molar-refractivity contribution in [2.24, 2.45) is 4.99 Å². The van der Waals surface area contributed by atoms with E-state index in [1.165, 1.54) is 38.6 Å². The van der Waals surface area contributed by atoms with Crippen molar-refractivity contribution in [1.29, 1.82) is 0 Å². The third kappa shape index (κ3) is 4.29. The van der Waals surface area contributed by atoms with E-state index >= 15 is 0 Å². The van der Waals surface area contributed by atoms with E-state index in [0.717, 1.165) is 6.07 Å². The molecule has 0 spiro atoms. The smallest absolute Gasteiger partial charge is 0.426 e. The average molecular weight is 411 g/mol. The lowest BCUT2D eigenvalue weighted by atomic mass is 9.84. The van der Waals surface area contributed by atoms with Gasteiger partial charge in [0.05, 0.1) is 31.8 Å². The molecule has 0 fully saturated rings. The zero-order chi connectivity index (χ0) is 21.8. The highest BCUT2D eigenvalue weighted by atomic mass is 19.4. The van der Waals surface area contributed by atoms with Gasteiger partial charge in [-0.15, -0.1) is 0 Å². The first-order valence-electron chi connectivity index (χ1n) is 8.82. The van der Waals surface area contributed by atoms with Gasteiger partial charge in [-0.05, 0) is 37.6 Å². The van der Waals surface area contributed by atoms with Gasteiger partial charge >= 0.3 is 6.18 Å². The SMILES string of the molecule is CCN(C)C=Nc1cc(OC)c(C(O)(c2cccnc2OC)C(F)(F)F)cc1C. The monoisotopic (exact) mass is 411 g/mol. The largest absolute Gasteiger partial charge is 0.496 e. The zero-order valence-corrected chi connectivity index (χ0v) is 16.9. The highest BCUT2D eigenvalue weighted by molar-refractivity contribution is 5.66. The first-order chi connectivity index (χ1) is 13.6. The minimum absolute atomic E-state index is 0.160. The van der Waals surface area contributed by atoms with Gasteiger partial charge in [0, 0.05) is 31.4 Å². The highest BCUT2D eigenvalue weighted by Crippen LogP contribution is 2.50. The quantitative estimate of drug-likeness (QED) is 0.554. The second-order valence-electron chi connectivity index (χ2n) is 6.43.